The number of hydrogen-bond acceptors (Lipinski definition) is 5. The Morgan fingerprint density at radius 2 is 1.93 bits per heavy atom. The highest BCUT2D eigenvalue weighted by Gasteiger charge is 2.25. The van der Waals surface area contributed by atoms with E-state index in [0.717, 1.165) is 39.4 Å². The zero-order chi connectivity index (χ0) is 19.8. The molecule has 0 radical (unpaired) electrons. The summed E-state index contributed by atoms with van der Waals surface area (Å²) in [6.07, 6.45) is -0.176. The lowest BCUT2D eigenvalue weighted by Gasteiger charge is -2.04. The van der Waals surface area contributed by atoms with Crippen LogP contribution in [0.3, 0.4) is 0 Å². The molecule has 2 heterocycles. The number of thioether (sulfide) groups is 1. The molecule has 0 unspecified atom stereocenters. The molecular formula is C21H18F2N4S2. The molecule has 0 saturated heterocycles. The van der Waals surface area contributed by atoms with E-state index in [1.807, 2.05) is 22.9 Å². The Morgan fingerprint density at radius 1 is 1.10 bits per heavy atom. The van der Waals surface area contributed by atoms with Crippen molar-refractivity contribution in [2.24, 2.45) is 5.92 Å². The molecule has 1 fully saturated rings. The summed E-state index contributed by atoms with van der Waals surface area (Å²) < 4.78 is 28.0. The number of benzene rings is 2. The minimum Gasteiger partial charge on any atom is -0.264 e. The van der Waals surface area contributed by atoms with Gasteiger partial charge in [-0.15, -0.1) is 22.0 Å². The summed E-state index contributed by atoms with van der Waals surface area (Å²) in [5, 5.41) is 13.5. The molecule has 1 aliphatic rings. The fraction of sp³-hybridized carbons (Fsp3) is 0.286. The minimum atomic E-state index is -2.61. The smallest absolute Gasteiger partial charge is 0.264 e. The van der Waals surface area contributed by atoms with Gasteiger partial charge in [-0.1, -0.05) is 41.7 Å². The SMILES string of the molecule is FC(F)c1nnc(-c2nn(CC3CC3)c3ccc(SCc4ccccc4)cc23)s1. The van der Waals surface area contributed by atoms with Crippen LogP contribution in [0.15, 0.2) is 53.4 Å². The molecule has 1 aliphatic carbocycles. The van der Waals surface area contributed by atoms with Crippen LogP contribution in [0.2, 0.25) is 0 Å². The second kappa shape index (κ2) is 7.84. The summed E-state index contributed by atoms with van der Waals surface area (Å²) in [6, 6.07) is 16.6. The van der Waals surface area contributed by atoms with Crippen LogP contribution < -0.4 is 0 Å². The van der Waals surface area contributed by atoms with Gasteiger partial charge in [0, 0.05) is 22.6 Å². The van der Waals surface area contributed by atoms with Crippen molar-refractivity contribution in [3.05, 3.63) is 59.1 Å². The minimum absolute atomic E-state index is 0.264. The van der Waals surface area contributed by atoms with Gasteiger partial charge in [0.15, 0.2) is 10.0 Å². The van der Waals surface area contributed by atoms with Crippen LogP contribution >= 0.6 is 23.1 Å². The average molecular weight is 429 g/mol. The molecule has 2 aromatic heterocycles. The molecule has 0 spiro atoms. The Labute approximate surface area is 175 Å². The normalized spacial score (nSPS) is 14.2. The van der Waals surface area contributed by atoms with Crippen LogP contribution in [0.4, 0.5) is 8.78 Å². The first-order valence-corrected chi connectivity index (χ1v) is 11.3. The lowest BCUT2D eigenvalue weighted by Crippen LogP contribution is -2.01. The van der Waals surface area contributed by atoms with Gasteiger partial charge in [0.25, 0.3) is 6.43 Å². The van der Waals surface area contributed by atoms with Crippen LogP contribution in [-0.4, -0.2) is 20.0 Å². The molecule has 2 aromatic carbocycles. The summed E-state index contributed by atoms with van der Waals surface area (Å²) in [6.45, 7) is 0.855. The second-order valence-electron chi connectivity index (χ2n) is 7.17. The summed E-state index contributed by atoms with van der Waals surface area (Å²) in [5.74, 6) is 1.52. The van der Waals surface area contributed by atoms with E-state index in [0.29, 0.717) is 16.6 Å². The fourth-order valence-electron chi connectivity index (χ4n) is 3.25. The Balaban J connectivity index is 1.51. The molecule has 4 aromatic rings. The van der Waals surface area contributed by atoms with Gasteiger partial charge in [-0.2, -0.15) is 5.10 Å². The number of halogens is 2. The van der Waals surface area contributed by atoms with Gasteiger partial charge in [0.1, 0.15) is 5.69 Å². The maximum Gasteiger partial charge on any atom is 0.291 e. The lowest BCUT2D eigenvalue weighted by atomic mass is 10.2. The van der Waals surface area contributed by atoms with Crippen LogP contribution in [0.25, 0.3) is 21.6 Å². The molecule has 8 heteroatoms. The third kappa shape index (κ3) is 4.04. The molecule has 1 saturated carbocycles. The zero-order valence-electron chi connectivity index (χ0n) is 15.5. The van der Waals surface area contributed by atoms with Crippen LogP contribution in [0.5, 0.6) is 0 Å². The molecule has 29 heavy (non-hydrogen) atoms. The van der Waals surface area contributed by atoms with Gasteiger partial charge in [0.2, 0.25) is 0 Å². The second-order valence-corrected chi connectivity index (χ2v) is 9.23. The number of hydrogen-bond donors (Lipinski definition) is 0. The number of nitrogens with zero attached hydrogens (tertiary/aromatic N) is 4. The van der Waals surface area contributed by atoms with Gasteiger partial charge >= 0.3 is 0 Å². The third-order valence-corrected chi connectivity index (χ3v) is 6.93. The van der Waals surface area contributed by atoms with E-state index in [9.17, 15) is 8.78 Å². The van der Waals surface area contributed by atoms with Gasteiger partial charge in [0.05, 0.1) is 5.52 Å². The topological polar surface area (TPSA) is 43.6 Å². The van der Waals surface area contributed by atoms with Gasteiger partial charge in [-0.05, 0) is 42.5 Å². The average Bonchev–Trinajstić information content (AvgIpc) is 3.29. The molecule has 148 valence electrons. The van der Waals surface area contributed by atoms with E-state index < -0.39 is 6.43 Å². The Morgan fingerprint density at radius 3 is 2.66 bits per heavy atom. The van der Waals surface area contributed by atoms with E-state index in [1.165, 1.54) is 18.4 Å². The number of fused-ring (bicyclic) bond motifs is 1. The Kier molecular flexibility index (Phi) is 5.05. The maximum atomic E-state index is 13.0. The molecule has 0 amide bonds. The molecule has 5 rings (SSSR count). The first-order valence-electron chi connectivity index (χ1n) is 9.46. The monoisotopic (exact) mass is 428 g/mol. The summed E-state index contributed by atoms with van der Waals surface area (Å²) in [7, 11) is 0. The number of alkyl halides is 2. The third-order valence-electron chi connectivity index (χ3n) is 4.93. The molecule has 0 atom stereocenters. The molecular weight excluding hydrogens is 410 g/mol. The highest BCUT2D eigenvalue weighted by molar-refractivity contribution is 7.98. The zero-order valence-corrected chi connectivity index (χ0v) is 17.1. The predicted molar refractivity (Wildman–Crippen MR) is 112 cm³/mol. The van der Waals surface area contributed by atoms with Crippen molar-refractivity contribution in [2.45, 2.75) is 36.5 Å². The van der Waals surface area contributed by atoms with E-state index in [2.05, 4.69) is 40.5 Å². The summed E-state index contributed by atoms with van der Waals surface area (Å²) >= 11 is 2.67. The molecule has 4 nitrogen and oxygen atoms in total. The molecule has 0 bridgehead atoms. The highest BCUT2D eigenvalue weighted by atomic mass is 32.2. The molecule has 0 N–H and O–H groups in total. The highest BCUT2D eigenvalue weighted by Crippen LogP contribution is 2.37. The number of aromatic nitrogens is 4. The van der Waals surface area contributed by atoms with Crippen molar-refractivity contribution in [2.75, 3.05) is 0 Å². The maximum absolute atomic E-state index is 13.0. The van der Waals surface area contributed by atoms with Crippen molar-refractivity contribution in [1.29, 1.82) is 0 Å². The lowest BCUT2D eigenvalue weighted by molar-refractivity contribution is 0.150. The number of rotatable bonds is 7. The molecule has 0 aliphatic heterocycles. The first-order chi connectivity index (χ1) is 14.2. The Bertz CT molecular complexity index is 1140. The van der Waals surface area contributed by atoms with Crippen LogP contribution in [-0.2, 0) is 12.3 Å². The van der Waals surface area contributed by atoms with E-state index in [4.69, 9.17) is 5.10 Å². The van der Waals surface area contributed by atoms with Crippen molar-refractivity contribution >= 4 is 34.0 Å². The van der Waals surface area contributed by atoms with E-state index in [-0.39, 0.29) is 5.01 Å². The largest absolute Gasteiger partial charge is 0.291 e. The van der Waals surface area contributed by atoms with Gasteiger partial charge < -0.3 is 0 Å². The predicted octanol–water partition coefficient (Wildman–Crippen LogP) is 6.19. The van der Waals surface area contributed by atoms with Crippen LogP contribution in [0, 0.1) is 5.92 Å². The fourth-order valence-corrected chi connectivity index (χ4v) is 4.84. The van der Waals surface area contributed by atoms with Gasteiger partial charge in [-0.25, -0.2) is 8.78 Å². The summed E-state index contributed by atoms with van der Waals surface area (Å²) in [4.78, 5) is 1.12. The van der Waals surface area contributed by atoms with Crippen molar-refractivity contribution in [3.63, 3.8) is 0 Å². The Hall–Kier alpha value is -2.32. The van der Waals surface area contributed by atoms with Crippen molar-refractivity contribution < 1.29 is 8.78 Å². The van der Waals surface area contributed by atoms with Crippen LogP contribution in [0.1, 0.15) is 29.8 Å². The van der Waals surface area contributed by atoms with Crippen molar-refractivity contribution in [3.8, 4) is 10.7 Å². The summed E-state index contributed by atoms with van der Waals surface area (Å²) in [5.41, 5.74) is 2.92. The standard InChI is InChI=1S/C21H18F2N4S2/c22-19(23)21-25-24-20(29-21)18-16-10-15(28-12-14-4-2-1-3-5-14)8-9-17(16)27(26-18)11-13-6-7-13/h1-5,8-10,13,19H,6-7,11-12H2. The van der Waals surface area contributed by atoms with Crippen molar-refractivity contribution in [1.82, 2.24) is 20.0 Å². The first kappa shape index (κ1) is 18.7. The van der Waals surface area contributed by atoms with E-state index >= 15 is 0 Å². The quantitative estimate of drug-likeness (QED) is 0.329. The van der Waals surface area contributed by atoms with E-state index in [1.54, 1.807) is 11.8 Å². The van der Waals surface area contributed by atoms with Gasteiger partial charge in [-0.3, -0.25) is 4.68 Å².